The van der Waals surface area contributed by atoms with Crippen LogP contribution in [0, 0.1) is 23.2 Å². The van der Waals surface area contributed by atoms with Gasteiger partial charge in [0.15, 0.2) is 0 Å². The highest BCUT2D eigenvalue weighted by atomic mass is 35.5. The Morgan fingerprint density at radius 1 is 1.58 bits per heavy atom. The smallest absolute Gasteiger partial charge is 0.228 e. The van der Waals surface area contributed by atoms with Crippen molar-refractivity contribution in [2.24, 2.45) is 17.1 Å². The van der Waals surface area contributed by atoms with E-state index in [4.69, 9.17) is 17.3 Å². The maximum atomic E-state index is 12.1. The summed E-state index contributed by atoms with van der Waals surface area (Å²) in [5.41, 5.74) is 6.87. The lowest BCUT2D eigenvalue weighted by Gasteiger charge is -2.09. The van der Waals surface area contributed by atoms with Crippen LogP contribution in [-0.4, -0.2) is 12.5 Å². The molecule has 1 atom stereocenters. The third kappa shape index (κ3) is 3.28. The number of anilines is 1. The first-order chi connectivity index (χ1) is 8.94. The standard InChI is InChI=1S/C15H17ClN2O/c1-15(2)9-12(15)14(19)18-13-6-5-11(16)8-10(13)4-3-7-17/h5-6,8,12H,7,9,17H2,1-2H3,(H,18,19). The molecule has 0 aromatic heterocycles. The van der Waals surface area contributed by atoms with E-state index in [-0.39, 0.29) is 23.8 Å². The zero-order valence-corrected chi connectivity index (χ0v) is 11.8. The van der Waals surface area contributed by atoms with Crippen molar-refractivity contribution in [1.82, 2.24) is 0 Å². The first kappa shape index (κ1) is 13.9. The van der Waals surface area contributed by atoms with Crippen LogP contribution in [0.2, 0.25) is 5.02 Å². The third-order valence-electron chi connectivity index (χ3n) is 3.39. The summed E-state index contributed by atoms with van der Waals surface area (Å²) in [7, 11) is 0. The molecule has 1 aliphatic carbocycles. The first-order valence-corrected chi connectivity index (χ1v) is 6.61. The number of amides is 1. The molecule has 0 bridgehead atoms. The Bertz CT molecular complexity index is 569. The molecule has 3 nitrogen and oxygen atoms in total. The van der Waals surface area contributed by atoms with Crippen molar-refractivity contribution in [2.45, 2.75) is 20.3 Å². The van der Waals surface area contributed by atoms with Gasteiger partial charge in [0.05, 0.1) is 12.2 Å². The van der Waals surface area contributed by atoms with Crippen molar-refractivity contribution in [3.63, 3.8) is 0 Å². The topological polar surface area (TPSA) is 55.1 Å². The largest absolute Gasteiger partial charge is 0.325 e. The van der Waals surface area contributed by atoms with E-state index < -0.39 is 0 Å². The second-order valence-corrected chi connectivity index (χ2v) is 5.87. The minimum absolute atomic E-state index is 0.0446. The second-order valence-electron chi connectivity index (χ2n) is 5.43. The van der Waals surface area contributed by atoms with Gasteiger partial charge in [-0.3, -0.25) is 4.79 Å². The molecule has 0 aliphatic heterocycles. The van der Waals surface area contributed by atoms with Crippen LogP contribution in [-0.2, 0) is 4.79 Å². The number of rotatable bonds is 2. The van der Waals surface area contributed by atoms with Crippen molar-refractivity contribution < 1.29 is 4.79 Å². The summed E-state index contributed by atoms with van der Waals surface area (Å²) in [6.45, 7) is 4.46. The molecule has 1 saturated carbocycles. The molecule has 1 aromatic rings. The van der Waals surface area contributed by atoms with Gasteiger partial charge < -0.3 is 11.1 Å². The van der Waals surface area contributed by atoms with Gasteiger partial charge in [0, 0.05) is 16.5 Å². The van der Waals surface area contributed by atoms with Gasteiger partial charge in [0.1, 0.15) is 0 Å². The van der Waals surface area contributed by atoms with Crippen LogP contribution in [0.15, 0.2) is 18.2 Å². The predicted octanol–water partition coefficient (Wildman–Crippen LogP) is 2.63. The molecule has 3 N–H and O–H groups in total. The molecule has 0 heterocycles. The van der Waals surface area contributed by atoms with E-state index in [9.17, 15) is 4.79 Å². The molecule has 1 aliphatic rings. The normalized spacial score (nSPS) is 19.3. The lowest BCUT2D eigenvalue weighted by molar-refractivity contribution is -0.118. The fraction of sp³-hybridized carbons (Fsp3) is 0.400. The average Bonchev–Trinajstić information content (AvgIpc) is 2.99. The number of hydrogen-bond acceptors (Lipinski definition) is 2. The minimum Gasteiger partial charge on any atom is -0.325 e. The van der Waals surface area contributed by atoms with Crippen molar-refractivity contribution in [2.75, 3.05) is 11.9 Å². The molecular formula is C15H17ClN2O. The maximum absolute atomic E-state index is 12.1. The van der Waals surface area contributed by atoms with Gasteiger partial charge in [0.2, 0.25) is 5.91 Å². The molecule has 1 amide bonds. The Balaban J connectivity index is 2.18. The number of hydrogen-bond donors (Lipinski definition) is 2. The molecular weight excluding hydrogens is 260 g/mol. The molecule has 0 saturated heterocycles. The Morgan fingerprint density at radius 2 is 2.26 bits per heavy atom. The Labute approximate surface area is 118 Å². The minimum atomic E-state index is 0.0446. The quantitative estimate of drug-likeness (QED) is 0.816. The molecule has 0 radical (unpaired) electrons. The molecule has 1 aromatic carbocycles. The van der Waals surface area contributed by atoms with Gasteiger partial charge in [-0.15, -0.1) is 0 Å². The highest BCUT2D eigenvalue weighted by molar-refractivity contribution is 6.30. The predicted molar refractivity (Wildman–Crippen MR) is 77.9 cm³/mol. The summed E-state index contributed by atoms with van der Waals surface area (Å²) in [5, 5.41) is 3.51. The van der Waals surface area contributed by atoms with Gasteiger partial charge >= 0.3 is 0 Å². The Kier molecular flexibility index (Phi) is 3.84. The van der Waals surface area contributed by atoms with Gasteiger partial charge in [-0.2, -0.15) is 0 Å². The van der Waals surface area contributed by atoms with Crippen LogP contribution < -0.4 is 11.1 Å². The summed E-state index contributed by atoms with van der Waals surface area (Å²) in [5.74, 6) is 5.83. The van der Waals surface area contributed by atoms with Gasteiger partial charge in [-0.1, -0.05) is 37.3 Å². The fourth-order valence-electron chi connectivity index (χ4n) is 2.01. The van der Waals surface area contributed by atoms with Gasteiger partial charge in [-0.05, 0) is 30.0 Å². The Hall–Kier alpha value is -1.50. The lowest BCUT2D eigenvalue weighted by Crippen LogP contribution is -2.17. The number of benzene rings is 1. The number of carbonyl (C=O) groups excluding carboxylic acids is 1. The summed E-state index contributed by atoms with van der Waals surface area (Å²) in [4.78, 5) is 12.1. The molecule has 2 rings (SSSR count). The van der Waals surface area contributed by atoms with E-state index >= 15 is 0 Å². The van der Waals surface area contributed by atoms with E-state index in [1.807, 2.05) is 0 Å². The summed E-state index contributed by atoms with van der Waals surface area (Å²) < 4.78 is 0. The molecule has 100 valence electrons. The molecule has 19 heavy (non-hydrogen) atoms. The van der Waals surface area contributed by atoms with Crippen molar-refractivity contribution >= 4 is 23.2 Å². The van der Waals surface area contributed by atoms with Crippen LogP contribution in [0.4, 0.5) is 5.69 Å². The number of nitrogens with two attached hydrogens (primary N) is 1. The summed E-state index contributed by atoms with van der Waals surface area (Å²) in [6, 6.07) is 5.25. The zero-order valence-electron chi connectivity index (χ0n) is 11.1. The lowest BCUT2D eigenvalue weighted by atomic mass is 10.1. The van der Waals surface area contributed by atoms with E-state index in [1.165, 1.54) is 0 Å². The number of halogens is 1. The molecule has 4 heteroatoms. The monoisotopic (exact) mass is 276 g/mol. The molecule has 0 spiro atoms. The van der Waals surface area contributed by atoms with Crippen molar-refractivity contribution in [3.05, 3.63) is 28.8 Å². The Morgan fingerprint density at radius 3 is 2.84 bits per heavy atom. The highest BCUT2D eigenvalue weighted by Crippen LogP contribution is 2.52. The van der Waals surface area contributed by atoms with Crippen LogP contribution >= 0.6 is 11.6 Å². The number of carbonyl (C=O) groups is 1. The SMILES string of the molecule is CC1(C)CC1C(=O)Nc1ccc(Cl)cc1C#CCN. The van der Waals surface area contributed by atoms with Crippen LogP contribution in [0.5, 0.6) is 0 Å². The average molecular weight is 277 g/mol. The van der Waals surface area contributed by atoms with E-state index in [2.05, 4.69) is 31.0 Å². The first-order valence-electron chi connectivity index (χ1n) is 6.23. The van der Waals surface area contributed by atoms with Gasteiger partial charge in [-0.25, -0.2) is 0 Å². The zero-order chi connectivity index (χ0) is 14.0. The maximum Gasteiger partial charge on any atom is 0.228 e. The fourth-order valence-corrected chi connectivity index (χ4v) is 2.18. The van der Waals surface area contributed by atoms with Gasteiger partial charge in [0.25, 0.3) is 0 Å². The van der Waals surface area contributed by atoms with Crippen LogP contribution in [0.25, 0.3) is 0 Å². The summed E-state index contributed by atoms with van der Waals surface area (Å²) in [6.07, 6.45) is 0.927. The van der Waals surface area contributed by atoms with E-state index in [0.717, 1.165) is 6.42 Å². The van der Waals surface area contributed by atoms with Crippen molar-refractivity contribution in [3.8, 4) is 11.8 Å². The van der Waals surface area contributed by atoms with Crippen molar-refractivity contribution in [1.29, 1.82) is 0 Å². The number of nitrogens with one attached hydrogen (secondary N) is 1. The second kappa shape index (κ2) is 5.24. The van der Waals surface area contributed by atoms with Crippen LogP contribution in [0.3, 0.4) is 0 Å². The summed E-state index contributed by atoms with van der Waals surface area (Å²) >= 11 is 5.94. The highest BCUT2D eigenvalue weighted by Gasteiger charge is 2.50. The molecule has 1 unspecified atom stereocenters. The van der Waals surface area contributed by atoms with E-state index in [0.29, 0.717) is 16.3 Å². The van der Waals surface area contributed by atoms with Crippen LogP contribution in [0.1, 0.15) is 25.8 Å². The van der Waals surface area contributed by atoms with E-state index in [1.54, 1.807) is 18.2 Å². The molecule has 1 fully saturated rings. The third-order valence-corrected chi connectivity index (χ3v) is 3.63.